The molecule has 5 heteroatoms. The molecule has 2 N–H and O–H groups in total. The van der Waals surface area contributed by atoms with Gasteiger partial charge in [-0.15, -0.1) is 0 Å². The summed E-state index contributed by atoms with van der Waals surface area (Å²) in [7, 11) is 0. The number of rotatable bonds is 3. The first kappa shape index (κ1) is 11.5. The third-order valence-electron chi connectivity index (χ3n) is 2.36. The van der Waals surface area contributed by atoms with Crippen molar-refractivity contribution in [1.82, 2.24) is 9.55 Å². The Morgan fingerprint density at radius 2 is 2.24 bits per heavy atom. The van der Waals surface area contributed by atoms with Crippen LogP contribution < -0.4 is 11.3 Å². The van der Waals surface area contributed by atoms with Gasteiger partial charge in [0.2, 0.25) is 0 Å². The van der Waals surface area contributed by atoms with Crippen molar-refractivity contribution in [1.29, 1.82) is 0 Å². The van der Waals surface area contributed by atoms with Crippen molar-refractivity contribution < 1.29 is 0 Å². The van der Waals surface area contributed by atoms with Gasteiger partial charge in [-0.3, -0.25) is 9.36 Å². The molecule has 0 aliphatic rings. The Balaban J connectivity index is 2.31. The molecule has 0 atom stereocenters. The lowest BCUT2D eigenvalue weighted by Crippen LogP contribution is -2.19. The highest BCUT2D eigenvalue weighted by atomic mass is 32.1. The monoisotopic (exact) mass is 245 g/mol. The summed E-state index contributed by atoms with van der Waals surface area (Å²) in [5, 5.41) is 0. The van der Waals surface area contributed by atoms with E-state index in [1.807, 2.05) is 24.3 Å². The van der Waals surface area contributed by atoms with Gasteiger partial charge in [-0.25, -0.2) is 4.98 Å². The van der Waals surface area contributed by atoms with Gasteiger partial charge >= 0.3 is 0 Å². The van der Waals surface area contributed by atoms with Crippen LogP contribution in [0, 0.1) is 0 Å². The van der Waals surface area contributed by atoms with Gasteiger partial charge in [0.15, 0.2) is 0 Å². The molecule has 0 bridgehead atoms. The van der Waals surface area contributed by atoms with Crippen molar-refractivity contribution in [3.63, 3.8) is 0 Å². The van der Waals surface area contributed by atoms with Gasteiger partial charge in [-0.2, -0.15) is 0 Å². The van der Waals surface area contributed by atoms with E-state index in [1.165, 1.54) is 23.2 Å². The summed E-state index contributed by atoms with van der Waals surface area (Å²) in [4.78, 5) is 15.8. The van der Waals surface area contributed by atoms with Crippen LogP contribution in [0.5, 0.6) is 0 Å². The topological polar surface area (TPSA) is 60.9 Å². The molecule has 0 amide bonds. The van der Waals surface area contributed by atoms with Crippen LogP contribution in [0.2, 0.25) is 0 Å². The lowest BCUT2D eigenvalue weighted by Gasteiger charge is -2.06. The maximum Gasteiger partial charge on any atom is 0.253 e. The molecule has 1 aromatic carbocycles. The van der Waals surface area contributed by atoms with Crippen LogP contribution in [0.3, 0.4) is 0 Å². The predicted molar refractivity (Wildman–Crippen MR) is 69.9 cm³/mol. The van der Waals surface area contributed by atoms with Gasteiger partial charge in [0.1, 0.15) is 4.99 Å². The highest BCUT2D eigenvalue weighted by molar-refractivity contribution is 7.80. The zero-order valence-electron chi connectivity index (χ0n) is 9.04. The minimum absolute atomic E-state index is 0.0827. The summed E-state index contributed by atoms with van der Waals surface area (Å²) in [6, 6.07) is 8.93. The Hall–Kier alpha value is -2.01. The molecule has 1 heterocycles. The highest BCUT2D eigenvalue weighted by Gasteiger charge is 2.00. The summed E-state index contributed by atoms with van der Waals surface area (Å²) >= 11 is 4.91. The molecular formula is C12H11N3OS. The van der Waals surface area contributed by atoms with Gasteiger partial charge in [-0.1, -0.05) is 30.4 Å². The Morgan fingerprint density at radius 3 is 2.94 bits per heavy atom. The molecule has 4 nitrogen and oxygen atoms in total. The van der Waals surface area contributed by atoms with E-state index in [1.54, 1.807) is 0 Å². The van der Waals surface area contributed by atoms with E-state index in [0.29, 0.717) is 11.5 Å². The molecule has 0 radical (unpaired) electrons. The first-order valence-corrected chi connectivity index (χ1v) is 5.47. The van der Waals surface area contributed by atoms with Crippen molar-refractivity contribution in [2.45, 2.75) is 6.54 Å². The number of nitrogens with zero attached hydrogens (tertiary/aromatic N) is 2. The van der Waals surface area contributed by atoms with Crippen LogP contribution in [-0.2, 0) is 6.54 Å². The van der Waals surface area contributed by atoms with Crippen LogP contribution in [0.25, 0.3) is 0 Å². The van der Waals surface area contributed by atoms with E-state index >= 15 is 0 Å². The Kier molecular flexibility index (Phi) is 3.30. The van der Waals surface area contributed by atoms with E-state index < -0.39 is 0 Å². The first-order valence-electron chi connectivity index (χ1n) is 5.06. The highest BCUT2D eigenvalue weighted by Crippen LogP contribution is 2.06. The minimum Gasteiger partial charge on any atom is -0.389 e. The second-order valence-electron chi connectivity index (χ2n) is 3.61. The van der Waals surface area contributed by atoms with Crippen molar-refractivity contribution >= 4 is 17.2 Å². The normalized spacial score (nSPS) is 10.1. The summed E-state index contributed by atoms with van der Waals surface area (Å²) in [5.74, 6) is 0. The molecule has 0 aliphatic carbocycles. The number of hydrogen-bond donors (Lipinski definition) is 1. The number of nitrogens with two attached hydrogens (primary N) is 1. The average molecular weight is 245 g/mol. The van der Waals surface area contributed by atoms with E-state index in [0.717, 1.165) is 11.1 Å². The molecule has 2 aromatic rings. The Bertz CT molecular complexity index is 606. The molecule has 17 heavy (non-hydrogen) atoms. The standard InChI is InChI=1S/C12H11N3OS/c13-12(17)10-3-1-2-9(6-10)7-15-8-14-5-4-11(15)16/h1-6,8H,7H2,(H2,13,17). The van der Waals surface area contributed by atoms with Gasteiger partial charge in [-0.05, 0) is 11.6 Å². The second kappa shape index (κ2) is 4.88. The fraction of sp³-hybridized carbons (Fsp3) is 0.0833. The average Bonchev–Trinajstić information content (AvgIpc) is 2.32. The van der Waals surface area contributed by atoms with Gasteiger partial charge in [0, 0.05) is 17.8 Å². The molecule has 1 aromatic heterocycles. The zero-order valence-corrected chi connectivity index (χ0v) is 9.85. The maximum atomic E-state index is 11.5. The zero-order chi connectivity index (χ0) is 12.3. The van der Waals surface area contributed by atoms with Gasteiger partial charge in [0.05, 0.1) is 12.9 Å². The summed E-state index contributed by atoms with van der Waals surface area (Å²) < 4.78 is 1.53. The number of aromatic nitrogens is 2. The van der Waals surface area contributed by atoms with Crippen molar-refractivity contribution in [2.75, 3.05) is 0 Å². The predicted octanol–water partition coefficient (Wildman–Crippen LogP) is 0.926. The van der Waals surface area contributed by atoms with E-state index in [4.69, 9.17) is 18.0 Å². The summed E-state index contributed by atoms with van der Waals surface area (Å²) in [5.41, 5.74) is 7.24. The van der Waals surface area contributed by atoms with Crippen LogP contribution in [0.15, 0.2) is 47.7 Å². The van der Waals surface area contributed by atoms with Crippen LogP contribution >= 0.6 is 12.2 Å². The fourth-order valence-electron chi connectivity index (χ4n) is 1.52. The Morgan fingerprint density at radius 1 is 1.41 bits per heavy atom. The van der Waals surface area contributed by atoms with E-state index in [-0.39, 0.29) is 5.56 Å². The summed E-state index contributed by atoms with van der Waals surface area (Å²) in [6.45, 7) is 0.461. The molecule has 2 rings (SSSR count). The van der Waals surface area contributed by atoms with Crippen LogP contribution in [-0.4, -0.2) is 14.5 Å². The quantitative estimate of drug-likeness (QED) is 0.817. The third kappa shape index (κ3) is 2.76. The molecular weight excluding hydrogens is 234 g/mol. The molecule has 86 valence electrons. The summed E-state index contributed by atoms with van der Waals surface area (Å²) in [6.07, 6.45) is 2.99. The van der Waals surface area contributed by atoms with Gasteiger partial charge in [0.25, 0.3) is 5.56 Å². The molecule has 0 saturated carbocycles. The molecule has 0 aliphatic heterocycles. The number of thiocarbonyl (C=S) groups is 1. The first-order chi connectivity index (χ1) is 8.16. The molecule has 0 fully saturated rings. The van der Waals surface area contributed by atoms with Crippen LogP contribution in [0.1, 0.15) is 11.1 Å². The van der Waals surface area contributed by atoms with Crippen LogP contribution in [0.4, 0.5) is 0 Å². The number of hydrogen-bond acceptors (Lipinski definition) is 3. The molecule has 0 unspecified atom stereocenters. The largest absolute Gasteiger partial charge is 0.389 e. The maximum absolute atomic E-state index is 11.5. The second-order valence-corrected chi connectivity index (χ2v) is 4.05. The Labute approximate surface area is 104 Å². The van der Waals surface area contributed by atoms with Crippen molar-refractivity contribution in [2.24, 2.45) is 5.73 Å². The minimum atomic E-state index is -0.0827. The molecule has 0 spiro atoms. The van der Waals surface area contributed by atoms with Gasteiger partial charge < -0.3 is 5.73 Å². The van der Waals surface area contributed by atoms with Crippen molar-refractivity contribution in [3.05, 3.63) is 64.3 Å². The molecule has 0 saturated heterocycles. The van der Waals surface area contributed by atoms with E-state index in [9.17, 15) is 4.79 Å². The number of benzene rings is 1. The lowest BCUT2D eigenvalue weighted by molar-refractivity contribution is 0.736. The van der Waals surface area contributed by atoms with Crippen molar-refractivity contribution in [3.8, 4) is 0 Å². The fourth-order valence-corrected chi connectivity index (χ4v) is 1.64. The van der Waals surface area contributed by atoms with E-state index in [2.05, 4.69) is 4.98 Å². The third-order valence-corrected chi connectivity index (χ3v) is 2.59. The smallest absolute Gasteiger partial charge is 0.253 e. The SMILES string of the molecule is NC(=S)c1cccc(Cn2cnccc2=O)c1. The lowest BCUT2D eigenvalue weighted by atomic mass is 10.1.